The lowest BCUT2D eigenvalue weighted by Gasteiger charge is -2.30. The summed E-state index contributed by atoms with van der Waals surface area (Å²) in [6.45, 7) is 4.04. The molecule has 0 radical (unpaired) electrons. The van der Waals surface area contributed by atoms with Crippen molar-refractivity contribution in [2.24, 2.45) is 0 Å². The summed E-state index contributed by atoms with van der Waals surface area (Å²) in [6.07, 6.45) is 5.72. The van der Waals surface area contributed by atoms with Crippen LogP contribution in [0.25, 0.3) is 0 Å². The minimum Gasteiger partial charge on any atom is -0.468 e. The van der Waals surface area contributed by atoms with Crippen LogP contribution in [-0.4, -0.2) is 13.1 Å². The summed E-state index contributed by atoms with van der Waals surface area (Å²) in [5.74, 6) is 0.987. The Morgan fingerprint density at radius 1 is 0.950 bits per heavy atom. The van der Waals surface area contributed by atoms with Gasteiger partial charge in [-0.05, 0) is 43.0 Å². The number of hydrogen-bond acceptors (Lipinski definition) is 3. The number of para-hydroxylation sites is 1. The Balaban J connectivity index is 1.63. The molecule has 1 aromatic heterocycles. The topological polar surface area (TPSA) is 28.4 Å². The molecule has 1 aliphatic rings. The number of rotatable bonds is 5. The van der Waals surface area contributed by atoms with E-state index >= 15 is 0 Å². The Kier molecular flexibility index (Phi) is 4.38. The average Bonchev–Trinajstić information content (AvgIpc) is 3.02. The first-order chi connectivity index (χ1) is 9.93. The van der Waals surface area contributed by atoms with Crippen molar-refractivity contribution in [2.75, 3.05) is 18.0 Å². The fourth-order valence-corrected chi connectivity index (χ4v) is 2.84. The zero-order valence-electron chi connectivity index (χ0n) is 11.8. The summed E-state index contributed by atoms with van der Waals surface area (Å²) in [5.41, 5.74) is 2.76. The largest absolute Gasteiger partial charge is 0.468 e. The summed E-state index contributed by atoms with van der Waals surface area (Å²) in [4.78, 5) is 2.52. The molecule has 1 aliphatic heterocycles. The molecule has 0 saturated carbocycles. The number of nitrogens with zero attached hydrogens (tertiary/aromatic N) is 1. The lowest BCUT2D eigenvalue weighted by Crippen LogP contribution is -2.30. The fraction of sp³-hybridized carbons (Fsp3) is 0.412. The maximum Gasteiger partial charge on any atom is 0.117 e. The second-order valence-electron chi connectivity index (χ2n) is 5.36. The molecule has 1 fully saturated rings. The molecule has 0 aliphatic carbocycles. The van der Waals surface area contributed by atoms with Gasteiger partial charge in [-0.1, -0.05) is 18.2 Å². The van der Waals surface area contributed by atoms with E-state index in [-0.39, 0.29) is 0 Å². The van der Waals surface area contributed by atoms with Gasteiger partial charge in [0.25, 0.3) is 0 Å². The third-order valence-corrected chi connectivity index (χ3v) is 3.88. The first-order valence-corrected chi connectivity index (χ1v) is 7.49. The highest BCUT2D eigenvalue weighted by Gasteiger charge is 2.13. The van der Waals surface area contributed by atoms with E-state index in [0.29, 0.717) is 0 Å². The van der Waals surface area contributed by atoms with Crippen LogP contribution in [0.2, 0.25) is 0 Å². The molecule has 106 valence electrons. The van der Waals surface area contributed by atoms with Crippen molar-refractivity contribution in [3.8, 4) is 0 Å². The van der Waals surface area contributed by atoms with E-state index in [1.54, 1.807) is 6.26 Å². The maximum atomic E-state index is 5.35. The Bertz CT molecular complexity index is 516. The van der Waals surface area contributed by atoms with Gasteiger partial charge in [0.15, 0.2) is 0 Å². The van der Waals surface area contributed by atoms with E-state index in [2.05, 4.69) is 34.5 Å². The smallest absolute Gasteiger partial charge is 0.117 e. The predicted molar refractivity (Wildman–Crippen MR) is 81.8 cm³/mol. The molecule has 20 heavy (non-hydrogen) atoms. The lowest BCUT2D eigenvalue weighted by molar-refractivity contribution is 0.482. The number of benzene rings is 1. The van der Waals surface area contributed by atoms with Gasteiger partial charge in [-0.15, -0.1) is 0 Å². The lowest BCUT2D eigenvalue weighted by atomic mass is 10.1. The van der Waals surface area contributed by atoms with Gasteiger partial charge in [0.2, 0.25) is 0 Å². The highest BCUT2D eigenvalue weighted by Crippen LogP contribution is 2.24. The molecule has 2 heterocycles. The molecule has 1 N–H and O–H groups in total. The average molecular weight is 270 g/mol. The molecule has 0 bridgehead atoms. The van der Waals surface area contributed by atoms with E-state index in [1.807, 2.05) is 12.1 Å². The highest BCUT2D eigenvalue weighted by atomic mass is 16.3. The summed E-state index contributed by atoms with van der Waals surface area (Å²) in [7, 11) is 0. The summed E-state index contributed by atoms with van der Waals surface area (Å²) < 4.78 is 5.35. The maximum absolute atomic E-state index is 5.35. The molecule has 3 rings (SSSR count). The number of furan rings is 1. The van der Waals surface area contributed by atoms with Gasteiger partial charge < -0.3 is 14.6 Å². The Hall–Kier alpha value is -1.74. The van der Waals surface area contributed by atoms with Crippen LogP contribution in [0.3, 0.4) is 0 Å². The van der Waals surface area contributed by atoms with Gasteiger partial charge in [-0.3, -0.25) is 0 Å². The van der Waals surface area contributed by atoms with Gasteiger partial charge in [-0.2, -0.15) is 0 Å². The number of piperidine rings is 1. The summed E-state index contributed by atoms with van der Waals surface area (Å²) >= 11 is 0. The van der Waals surface area contributed by atoms with Crippen molar-refractivity contribution in [3.63, 3.8) is 0 Å². The molecule has 3 heteroatoms. The summed E-state index contributed by atoms with van der Waals surface area (Å²) in [5, 5.41) is 3.46. The van der Waals surface area contributed by atoms with Gasteiger partial charge in [0.05, 0.1) is 12.8 Å². The second-order valence-corrected chi connectivity index (χ2v) is 5.36. The predicted octanol–water partition coefficient (Wildman–Crippen LogP) is 3.56. The minimum atomic E-state index is 0.779. The van der Waals surface area contributed by atoms with Crippen LogP contribution in [0, 0.1) is 0 Å². The standard InChI is InChI=1S/C17H22N2O/c1-4-10-19(11-5-1)17-9-3-2-7-15(17)13-18-14-16-8-6-12-20-16/h2-3,6-9,12,18H,1,4-5,10-11,13-14H2. The van der Waals surface area contributed by atoms with Crippen molar-refractivity contribution >= 4 is 5.69 Å². The molecular formula is C17H22N2O. The van der Waals surface area contributed by atoms with Crippen molar-refractivity contribution < 1.29 is 4.42 Å². The van der Waals surface area contributed by atoms with Crippen molar-refractivity contribution in [2.45, 2.75) is 32.4 Å². The third-order valence-electron chi connectivity index (χ3n) is 3.88. The third kappa shape index (κ3) is 3.23. The molecule has 1 aromatic carbocycles. The molecule has 2 aromatic rings. The van der Waals surface area contributed by atoms with Crippen LogP contribution in [0.5, 0.6) is 0 Å². The van der Waals surface area contributed by atoms with Gasteiger partial charge in [-0.25, -0.2) is 0 Å². The molecular weight excluding hydrogens is 248 g/mol. The normalized spacial score (nSPS) is 15.5. The fourth-order valence-electron chi connectivity index (χ4n) is 2.84. The van der Waals surface area contributed by atoms with Crippen LogP contribution in [0.15, 0.2) is 47.1 Å². The van der Waals surface area contributed by atoms with Gasteiger partial charge in [0.1, 0.15) is 5.76 Å². The van der Waals surface area contributed by atoms with E-state index in [1.165, 1.54) is 43.6 Å². The van der Waals surface area contributed by atoms with Crippen LogP contribution in [0.4, 0.5) is 5.69 Å². The molecule has 0 unspecified atom stereocenters. The minimum absolute atomic E-state index is 0.779. The highest BCUT2D eigenvalue weighted by molar-refractivity contribution is 5.53. The van der Waals surface area contributed by atoms with Crippen LogP contribution in [0.1, 0.15) is 30.6 Å². The Morgan fingerprint density at radius 2 is 1.80 bits per heavy atom. The van der Waals surface area contributed by atoms with Crippen LogP contribution in [-0.2, 0) is 13.1 Å². The quantitative estimate of drug-likeness (QED) is 0.900. The molecule has 0 spiro atoms. The zero-order valence-corrected chi connectivity index (χ0v) is 11.8. The van der Waals surface area contributed by atoms with Crippen molar-refractivity contribution in [1.29, 1.82) is 0 Å². The zero-order chi connectivity index (χ0) is 13.6. The number of anilines is 1. The Morgan fingerprint density at radius 3 is 2.60 bits per heavy atom. The SMILES string of the molecule is c1coc(CNCc2ccccc2N2CCCCC2)c1. The van der Waals surface area contributed by atoms with Gasteiger partial charge in [0, 0.05) is 25.3 Å². The molecule has 0 atom stereocenters. The number of hydrogen-bond donors (Lipinski definition) is 1. The van der Waals surface area contributed by atoms with Crippen molar-refractivity contribution in [1.82, 2.24) is 5.32 Å². The molecule has 0 amide bonds. The monoisotopic (exact) mass is 270 g/mol. The first kappa shape index (κ1) is 13.3. The number of nitrogens with one attached hydrogen (secondary N) is 1. The second kappa shape index (κ2) is 6.62. The van der Waals surface area contributed by atoms with E-state index in [4.69, 9.17) is 4.42 Å². The van der Waals surface area contributed by atoms with Crippen LogP contribution < -0.4 is 10.2 Å². The van der Waals surface area contributed by atoms with E-state index < -0.39 is 0 Å². The van der Waals surface area contributed by atoms with E-state index in [0.717, 1.165) is 18.8 Å². The summed E-state index contributed by atoms with van der Waals surface area (Å²) in [6, 6.07) is 12.7. The Labute approximate surface area is 120 Å². The van der Waals surface area contributed by atoms with E-state index in [9.17, 15) is 0 Å². The molecule has 3 nitrogen and oxygen atoms in total. The van der Waals surface area contributed by atoms with Crippen LogP contribution >= 0.6 is 0 Å². The van der Waals surface area contributed by atoms with Crippen molar-refractivity contribution in [3.05, 3.63) is 54.0 Å². The first-order valence-electron chi connectivity index (χ1n) is 7.49. The van der Waals surface area contributed by atoms with Gasteiger partial charge >= 0.3 is 0 Å². The molecule has 1 saturated heterocycles.